The molecule has 1 saturated heterocycles. The van der Waals surface area contributed by atoms with Gasteiger partial charge in [-0.3, -0.25) is 9.59 Å². The number of hydrogen-bond donors (Lipinski definition) is 0. The molecule has 1 aromatic rings. The normalized spacial score (nSPS) is 16.1. The van der Waals surface area contributed by atoms with Gasteiger partial charge in [0.15, 0.2) is 12.2 Å². The first-order chi connectivity index (χ1) is 7.77. The molecule has 0 aliphatic carbocycles. The van der Waals surface area contributed by atoms with Crippen molar-refractivity contribution >= 4 is 11.7 Å². The van der Waals surface area contributed by atoms with Gasteiger partial charge in [0.2, 0.25) is 5.91 Å². The average Bonchev–Trinajstić information content (AvgIpc) is 2.83. The maximum absolute atomic E-state index is 11.8. The summed E-state index contributed by atoms with van der Waals surface area (Å²) < 4.78 is 4.71. The van der Waals surface area contributed by atoms with E-state index in [0.717, 1.165) is 25.9 Å². The van der Waals surface area contributed by atoms with Crippen LogP contribution in [0.3, 0.4) is 0 Å². The van der Waals surface area contributed by atoms with Gasteiger partial charge in [-0.25, -0.2) is 4.98 Å². The summed E-state index contributed by atoms with van der Waals surface area (Å²) in [5.74, 6) is -0.378. The Morgan fingerprint density at radius 2 is 2.06 bits per heavy atom. The third-order valence-corrected chi connectivity index (χ3v) is 2.74. The Morgan fingerprint density at radius 1 is 1.31 bits per heavy atom. The van der Waals surface area contributed by atoms with Crippen molar-refractivity contribution in [3.05, 3.63) is 18.4 Å². The van der Waals surface area contributed by atoms with Crippen LogP contribution in [0.25, 0.3) is 0 Å². The van der Waals surface area contributed by atoms with Gasteiger partial charge in [-0.05, 0) is 19.3 Å². The zero-order valence-corrected chi connectivity index (χ0v) is 9.02. The monoisotopic (exact) mass is 222 g/mol. The molecule has 1 aromatic heterocycles. The molecule has 1 aliphatic heterocycles. The molecule has 0 bridgehead atoms. The third-order valence-electron chi connectivity index (χ3n) is 2.74. The highest BCUT2D eigenvalue weighted by Gasteiger charge is 2.20. The second kappa shape index (κ2) is 4.92. The van der Waals surface area contributed by atoms with E-state index in [4.69, 9.17) is 4.42 Å². The first-order valence-electron chi connectivity index (χ1n) is 5.46. The van der Waals surface area contributed by atoms with Crippen molar-refractivity contribution in [2.75, 3.05) is 13.1 Å². The van der Waals surface area contributed by atoms with E-state index < -0.39 is 0 Å². The molecule has 0 atom stereocenters. The predicted octanol–water partition coefficient (Wildman–Crippen LogP) is 1.26. The van der Waals surface area contributed by atoms with Crippen LogP contribution in [0.5, 0.6) is 0 Å². The van der Waals surface area contributed by atoms with E-state index in [-0.39, 0.29) is 23.8 Å². The minimum absolute atomic E-state index is 0.104. The molecular formula is C11H14N2O3. The van der Waals surface area contributed by atoms with Crippen molar-refractivity contribution in [3.8, 4) is 0 Å². The summed E-state index contributed by atoms with van der Waals surface area (Å²) in [5, 5.41) is 0. The highest BCUT2D eigenvalue weighted by molar-refractivity contribution is 6.06. The molecule has 1 aliphatic rings. The Balaban J connectivity index is 1.89. The van der Waals surface area contributed by atoms with Crippen LogP contribution in [-0.4, -0.2) is 34.7 Å². The standard InChI is InChI=1S/C11H14N2O3/c14-10(9-7-16-8-12-9)6-11(15)13-4-2-1-3-5-13/h7-8H,1-6H2. The lowest BCUT2D eigenvalue weighted by Gasteiger charge is -2.26. The highest BCUT2D eigenvalue weighted by Crippen LogP contribution is 2.11. The predicted molar refractivity (Wildman–Crippen MR) is 55.9 cm³/mol. The summed E-state index contributed by atoms with van der Waals surface area (Å²) in [7, 11) is 0. The molecule has 0 unspecified atom stereocenters. The fraction of sp³-hybridized carbons (Fsp3) is 0.545. The average molecular weight is 222 g/mol. The molecule has 2 rings (SSSR count). The van der Waals surface area contributed by atoms with Gasteiger partial charge in [-0.1, -0.05) is 0 Å². The van der Waals surface area contributed by atoms with Gasteiger partial charge in [0.1, 0.15) is 12.0 Å². The van der Waals surface area contributed by atoms with E-state index in [2.05, 4.69) is 4.98 Å². The lowest BCUT2D eigenvalue weighted by molar-refractivity contribution is -0.131. The SMILES string of the molecule is O=C(CC(=O)N1CCCCC1)c1cocn1. The van der Waals surface area contributed by atoms with Crippen LogP contribution < -0.4 is 0 Å². The Bertz CT molecular complexity index is 367. The first-order valence-corrected chi connectivity index (χ1v) is 5.46. The van der Waals surface area contributed by atoms with Crippen LogP contribution in [0.1, 0.15) is 36.2 Å². The zero-order valence-electron chi connectivity index (χ0n) is 9.02. The molecule has 1 amide bonds. The molecule has 86 valence electrons. The van der Waals surface area contributed by atoms with E-state index in [1.165, 1.54) is 19.1 Å². The van der Waals surface area contributed by atoms with Gasteiger partial charge in [0, 0.05) is 13.1 Å². The second-order valence-electron chi connectivity index (χ2n) is 3.92. The maximum Gasteiger partial charge on any atom is 0.230 e. The summed E-state index contributed by atoms with van der Waals surface area (Å²) in [6.45, 7) is 1.54. The Morgan fingerprint density at radius 3 is 2.69 bits per heavy atom. The van der Waals surface area contributed by atoms with E-state index >= 15 is 0 Å². The van der Waals surface area contributed by atoms with Gasteiger partial charge in [0.25, 0.3) is 0 Å². The minimum Gasteiger partial charge on any atom is -0.451 e. The van der Waals surface area contributed by atoms with Gasteiger partial charge < -0.3 is 9.32 Å². The van der Waals surface area contributed by atoms with Crippen molar-refractivity contribution < 1.29 is 14.0 Å². The zero-order chi connectivity index (χ0) is 11.4. The van der Waals surface area contributed by atoms with Crippen molar-refractivity contribution in [3.63, 3.8) is 0 Å². The van der Waals surface area contributed by atoms with E-state index in [9.17, 15) is 9.59 Å². The van der Waals surface area contributed by atoms with E-state index in [1.54, 1.807) is 4.90 Å². The number of rotatable bonds is 3. The topological polar surface area (TPSA) is 63.4 Å². The van der Waals surface area contributed by atoms with Gasteiger partial charge >= 0.3 is 0 Å². The third kappa shape index (κ3) is 2.48. The second-order valence-corrected chi connectivity index (χ2v) is 3.92. The largest absolute Gasteiger partial charge is 0.451 e. The summed E-state index contributed by atoms with van der Waals surface area (Å²) in [6, 6.07) is 0. The number of Topliss-reactive ketones (excluding diaryl/α,β-unsaturated/α-hetero) is 1. The number of aromatic nitrogens is 1. The van der Waals surface area contributed by atoms with Crippen molar-refractivity contribution in [1.82, 2.24) is 9.88 Å². The van der Waals surface area contributed by atoms with Crippen LogP contribution >= 0.6 is 0 Å². The lowest BCUT2D eigenvalue weighted by Crippen LogP contribution is -2.36. The Hall–Kier alpha value is -1.65. The molecule has 2 heterocycles. The molecule has 0 radical (unpaired) electrons. The molecule has 5 heteroatoms. The fourth-order valence-corrected chi connectivity index (χ4v) is 1.83. The van der Waals surface area contributed by atoms with Crippen molar-refractivity contribution in [2.45, 2.75) is 25.7 Å². The Kier molecular flexibility index (Phi) is 3.34. The smallest absolute Gasteiger partial charge is 0.230 e. The highest BCUT2D eigenvalue weighted by atomic mass is 16.3. The van der Waals surface area contributed by atoms with Crippen LogP contribution in [0.4, 0.5) is 0 Å². The minimum atomic E-state index is -0.274. The molecular weight excluding hydrogens is 208 g/mol. The molecule has 16 heavy (non-hydrogen) atoms. The van der Waals surface area contributed by atoms with Crippen LogP contribution in [0.15, 0.2) is 17.1 Å². The number of amides is 1. The summed E-state index contributed by atoms with van der Waals surface area (Å²) in [5.41, 5.74) is 0.227. The number of hydrogen-bond acceptors (Lipinski definition) is 4. The van der Waals surface area contributed by atoms with Crippen LogP contribution in [0.2, 0.25) is 0 Å². The lowest BCUT2D eigenvalue weighted by atomic mass is 10.1. The van der Waals surface area contributed by atoms with Crippen molar-refractivity contribution in [2.24, 2.45) is 0 Å². The van der Waals surface area contributed by atoms with Crippen LogP contribution in [-0.2, 0) is 4.79 Å². The number of carbonyl (C=O) groups excluding carboxylic acids is 2. The molecule has 0 aromatic carbocycles. The Labute approximate surface area is 93.4 Å². The molecule has 5 nitrogen and oxygen atoms in total. The number of nitrogens with zero attached hydrogens (tertiary/aromatic N) is 2. The van der Waals surface area contributed by atoms with Gasteiger partial charge in [-0.15, -0.1) is 0 Å². The number of oxazole rings is 1. The van der Waals surface area contributed by atoms with Gasteiger partial charge in [0.05, 0.1) is 6.42 Å². The molecule has 0 N–H and O–H groups in total. The maximum atomic E-state index is 11.8. The quantitative estimate of drug-likeness (QED) is 0.570. The fourth-order valence-electron chi connectivity index (χ4n) is 1.83. The number of carbonyl (C=O) groups is 2. The summed E-state index contributed by atoms with van der Waals surface area (Å²) in [4.78, 5) is 28.8. The number of ketones is 1. The molecule has 0 spiro atoms. The number of piperidine rings is 1. The van der Waals surface area contributed by atoms with E-state index in [0.29, 0.717) is 0 Å². The first kappa shape index (κ1) is 10.9. The summed E-state index contributed by atoms with van der Waals surface area (Å²) in [6.07, 6.45) is 5.59. The molecule has 1 fully saturated rings. The summed E-state index contributed by atoms with van der Waals surface area (Å²) >= 11 is 0. The number of likely N-dealkylation sites (tertiary alicyclic amines) is 1. The van der Waals surface area contributed by atoms with Gasteiger partial charge in [-0.2, -0.15) is 0 Å². The van der Waals surface area contributed by atoms with E-state index in [1.807, 2.05) is 0 Å². The van der Waals surface area contributed by atoms with Crippen molar-refractivity contribution in [1.29, 1.82) is 0 Å². The molecule has 0 saturated carbocycles. The van der Waals surface area contributed by atoms with Crippen LogP contribution in [0, 0.1) is 0 Å².